The molecule has 0 aromatic heterocycles. The van der Waals surface area contributed by atoms with Crippen LogP contribution in [0, 0.1) is 0 Å². The summed E-state index contributed by atoms with van der Waals surface area (Å²) in [6, 6.07) is 7.73. The Kier molecular flexibility index (Phi) is 4.90. The summed E-state index contributed by atoms with van der Waals surface area (Å²) in [5.74, 6) is 0. The first-order valence-corrected chi connectivity index (χ1v) is 3.69. The van der Waals surface area contributed by atoms with Gasteiger partial charge in [0, 0.05) is 6.04 Å². The molecular weight excluding hydrogens is 174 g/mol. The second-order valence-electron chi connectivity index (χ2n) is 2.69. The van der Waals surface area contributed by atoms with Crippen molar-refractivity contribution in [2.75, 3.05) is 0 Å². The zero-order valence-electron chi connectivity index (χ0n) is 7.03. The van der Waals surface area contributed by atoms with Gasteiger partial charge in [-0.15, -0.1) is 12.4 Å². The number of rotatable bonds is 2. The molecule has 0 unspecified atom stereocenters. The van der Waals surface area contributed by atoms with E-state index in [1.54, 1.807) is 0 Å². The third-order valence-corrected chi connectivity index (χ3v) is 1.69. The Hall–Kier alpha value is -0.570. The van der Waals surface area contributed by atoms with Gasteiger partial charge in [-0.05, 0) is 18.1 Å². The molecule has 1 aromatic rings. The maximum absolute atomic E-state index is 8.74. The van der Waals surface area contributed by atoms with Crippen molar-refractivity contribution in [1.29, 1.82) is 0 Å². The minimum absolute atomic E-state index is 0. The van der Waals surface area contributed by atoms with E-state index in [4.69, 9.17) is 10.8 Å². The van der Waals surface area contributed by atoms with Crippen LogP contribution in [-0.4, -0.2) is 5.11 Å². The van der Waals surface area contributed by atoms with Gasteiger partial charge in [-0.1, -0.05) is 24.3 Å². The van der Waals surface area contributed by atoms with Gasteiger partial charge in [-0.2, -0.15) is 0 Å². The van der Waals surface area contributed by atoms with E-state index in [2.05, 4.69) is 0 Å². The number of hydrogen-bond acceptors (Lipinski definition) is 2. The van der Waals surface area contributed by atoms with Crippen molar-refractivity contribution in [2.45, 2.75) is 19.6 Å². The summed E-state index contributed by atoms with van der Waals surface area (Å²) >= 11 is 0. The molecule has 0 saturated heterocycles. The molecule has 1 aromatic carbocycles. The molecule has 68 valence electrons. The fourth-order valence-corrected chi connectivity index (χ4v) is 0.927. The molecule has 0 radical (unpaired) electrons. The van der Waals surface area contributed by atoms with E-state index in [1.807, 2.05) is 31.2 Å². The van der Waals surface area contributed by atoms with E-state index < -0.39 is 0 Å². The lowest BCUT2D eigenvalue weighted by molar-refractivity contribution is 0.282. The highest BCUT2D eigenvalue weighted by Crippen LogP contribution is 2.10. The number of halogens is 1. The molecule has 1 atom stereocenters. The predicted octanol–water partition coefficient (Wildman–Crippen LogP) is 1.62. The smallest absolute Gasteiger partial charge is 0.0681 e. The maximum atomic E-state index is 8.74. The fraction of sp³-hybridized carbons (Fsp3) is 0.333. The van der Waals surface area contributed by atoms with Crippen LogP contribution in [0.25, 0.3) is 0 Å². The maximum Gasteiger partial charge on any atom is 0.0681 e. The van der Waals surface area contributed by atoms with Crippen LogP contribution >= 0.6 is 12.4 Å². The molecule has 0 spiro atoms. The van der Waals surface area contributed by atoms with Gasteiger partial charge in [-0.25, -0.2) is 0 Å². The van der Waals surface area contributed by atoms with Crippen molar-refractivity contribution in [3.05, 3.63) is 35.4 Å². The van der Waals surface area contributed by atoms with Crippen LogP contribution < -0.4 is 5.73 Å². The molecule has 3 N–H and O–H groups in total. The highest BCUT2D eigenvalue weighted by molar-refractivity contribution is 5.85. The van der Waals surface area contributed by atoms with Crippen LogP contribution in [-0.2, 0) is 6.61 Å². The summed E-state index contributed by atoms with van der Waals surface area (Å²) in [6.45, 7) is 2.03. The number of hydrogen-bond donors (Lipinski definition) is 2. The first-order chi connectivity index (χ1) is 5.24. The molecule has 0 fully saturated rings. The van der Waals surface area contributed by atoms with Crippen LogP contribution in [0.1, 0.15) is 24.1 Å². The van der Waals surface area contributed by atoms with Crippen LogP contribution in [0.3, 0.4) is 0 Å². The SMILES string of the molecule is C[C@@H](N)c1ccc(CO)cc1.Cl. The van der Waals surface area contributed by atoms with E-state index in [9.17, 15) is 0 Å². The first kappa shape index (κ1) is 11.4. The quantitative estimate of drug-likeness (QED) is 0.739. The number of nitrogens with two attached hydrogens (primary N) is 1. The van der Waals surface area contributed by atoms with E-state index in [0.717, 1.165) is 11.1 Å². The van der Waals surface area contributed by atoms with Crippen molar-refractivity contribution in [1.82, 2.24) is 0 Å². The lowest BCUT2D eigenvalue weighted by Gasteiger charge is -2.04. The van der Waals surface area contributed by atoms with Crippen molar-refractivity contribution in [2.24, 2.45) is 5.73 Å². The van der Waals surface area contributed by atoms with Gasteiger partial charge >= 0.3 is 0 Å². The molecule has 3 heteroatoms. The third kappa shape index (κ3) is 2.81. The van der Waals surface area contributed by atoms with Gasteiger partial charge < -0.3 is 10.8 Å². The molecule has 0 amide bonds. The summed E-state index contributed by atoms with van der Waals surface area (Å²) in [7, 11) is 0. The van der Waals surface area contributed by atoms with Crippen molar-refractivity contribution in [3.63, 3.8) is 0 Å². The fourth-order valence-electron chi connectivity index (χ4n) is 0.927. The molecular formula is C9H14ClNO. The molecule has 0 saturated carbocycles. The number of aliphatic hydroxyl groups excluding tert-OH is 1. The van der Waals surface area contributed by atoms with Crippen molar-refractivity contribution in [3.8, 4) is 0 Å². The van der Waals surface area contributed by atoms with Gasteiger partial charge in [0.05, 0.1) is 6.61 Å². The van der Waals surface area contributed by atoms with Crippen LogP contribution in [0.4, 0.5) is 0 Å². The molecule has 2 nitrogen and oxygen atoms in total. The summed E-state index contributed by atoms with van der Waals surface area (Å²) < 4.78 is 0. The molecule has 1 rings (SSSR count). The summed E-state index contributed by atoms with van der Waals surface area (Å²) in [5.41, 5.74) is 7.67. The minimum Gasteiger partial charge on any atom is -0.392 e. The Balaban J connectivity index is 0.00000121. The second kappa shape index (κ2) is 5.14. The number of aliphatic hydroxyl groups is 1. The molecule has 12 heavy (non-hydrogen) atoms. The van der Waals surface area contributed by atoms with Gasteiger partial charge in [0.25, 0.3) is 0 Å². The molecule has 0 aliphatic rings. The predicted molar refractivity (Wildman–Crippen MR) is 52.2 cm³/mol. The average Bonchev–Trinajstić information content (AvgIpc) is 2.05. The highest BCUT2D eigenvalue weighted by Gasteiger charge is 1.97. The van der Waals surface area contributed by atoms with Gasteiger partial charge in [0.1, 0.15) is 0 Å². The Morgan fingerprint density at radius 1 is 1.33 bits per heavy atom. The molecule has 0 aliphatic carbocycles. The molecule has 0 aliphatic heterocycles. The highest BCUT2D eigenvalue weighted by atomic mass is 35.5. The topological polar surface area (TPSA) is 46.2 Å². The third-order valence-electron chi connectivity index (χ3n) is 1.69. The Morgan fingerprint density at radius 3 is 2.17 bits per heavy atom. The van der Waals surface area contributed by atoms with Gasteiger partial charge in [-0.3, -0.25) is 0 Å². The lowest BCUT2D eigenvalue weighted by Crippen LogP contribution is -2.04. The molecule has 0 bridgehead atoms. The van der Waals surface area contributed by atoms with Crippen LogP contribution in [0.2, 0.25) is 0 Å². The lowest BCUT2D eigenvalue weighted by atomic mass is 10.1. The zero-order valence-corrected chi connectivity index (χ0v) is 7.84. The van der Waals surface area contributed by atoms with E-state index >= 15 is 0 Å². The average molecular weight is 188 g/mol. The van der Waals surface area contributed by atoms with Crippen LogP contribution in [0.5, 0.6) is 0 Å². The Bertz CT molecular complexity index is 220. The largest absolute Gasteiger partial charge is 0.392 e. The van der Waals surface area contributed by atoms with Gasteiger partial charge in [0.15, 0.2) is 0 Å². The zero-order chi connectivity index (χ0) is 8.27. The Morgan fingerprint density at radius 2 is 1.83 bits per heavy atom. The van der Waals surface area contributed by atoms with Gasteiger partial charge in [0.2, 0.25) is 0 Å². The van der Waals surface area contributed by atoms with Crippen molar-refractivity contribution >= 4 is 12.4 Å². The normalized spacial score (nSPS) is 11.9. The van der Waals surface area contributed by atoms with E-state index in [0.29, 0.717) is 0 Å². The second-order valence-corrected chi connectivity index (χ2v) is 2.69. The Labute approximate surface area is 78.8 Å². The van der Waals surface area contributed by atoms with E-state index in [1.165, 1.54) is 0 Å². The summed E-state index contributed by atoms with van der Waals surface area (Å²) in [4.78, 5) is 0. The van der Waals surface area contributed by atoms with E-state index in [-0.39, 0.29) is 25.1 Å². The standard InChI is InChI=1S/C9H13NO.ClH/c1-7(10)9-4-2-8(6-11)3-5-9;/h2-5,7,11H,6,10H2,1H3;1H/t7-;/m1./s1. The summed E-state index contributed by atoms with van der Waals surface area (Å²) in [6.07, 6.45) is 0. The first-order valence-electron chi connectivity index (χ1n) is 3.69. The monoisotopic (exact) mass is 187 g/mol. The minimum atomic E-state index is 0. The summed E-state index contributed by atoms with van der Waals surface area (Å²) in [5, 5.41) is 8.74. The number of benzene rings is 1. The van der Waals surface area contributed by atoms with Crippen LogP contribution in [0.15, 0.2) is 24.3 Å². The molecule has 0 heterocycles. The van der Waals surface area contributed by atoms with Crippen molar-refractivity contribution < 1.29 is 5.11 Å².